The van der Waals surface area contributed by atoms with Crippen LogP contribution in [0.3, 0.4) is 0 Å². The lowest BCUT2D eigenvalue weighted by atomic mass is 10.0. The lowest BCUT2D eigenvalue weighted by Gasteiger charge is -2.32. The van der Waals surface area contributed by atoms with Crippen molar-refractivity contribution >= 4 is 11.7 Å². The average Bonchev–Trinajstić information content (AvgIpc) is 2.69. The summed E-state index contributed by atoms with van der Waals surface area (Å²) in [6.07, 6.45) is 8.21. The number of urea groups is 1. The fraction of sp³-hybridized carbons (Fsp3) is 0.421. The molecule has 0 bridgehead atoms. The van der Waals surface area contributed by atoms with Crippen molar-refractivity contribution in [3.05, 3.63) is 48.4 Å². The highest BCUT2D eigenvalue weighted by atomic mass is 16.5. The smallest absolute Gasteiger partial charge is 0.319 e. The van der Waals surface area contributed by atoms with Gasteiger partial charge in [0.15, 0.2) is 0 Å². The normalized spacial score (nSPS) is 15.4. The molecule has 0 saturated carbocycles. The maximum Gasteiger partial charge on any atom is 0.319 e. The number of pyridine rings is 2. The number of nitrogens with zero attached hydrogens (tertiary/aromatic N) is 3. The van der Waals surface area contributed by atoms with Gasteiger partial charge in [-0.2, -0.15) is 0 Å². The zero-order valence-electron chi connectivity index (χ0n) is 15.0. The van der Waals surface area contributed by atoms with Crippen molar-refractivity contribution in [2.45, 2.75) is 25.3 Å². The van der Waals surface area contributed by atoms with Gasteiger partial charge in [0, 0.05) is 44.1 Å². The molecule has 1 saturated heterocycles. The Morgan fingerprint density at radius 2 is 2.00 bits per heavy atom. The fourth-order valence-electron chi connectivity index (χ4n) is 3.07. The van der Waals surface area contributed by atoms with Gasteiger partial charge in [0.2, 0.25) is 5.88 Å². The molecule has 2 amide bonds. The van der Waals surface area contributed by atoms with Gasteiger partial charge in [-0.3, -0.25) is 4.98 Å². The molecule has 2 aromatic rings. The average molecular weight is 355 g/mol. The van der Waals surface area contributed by atoms with Crippen molar-refractivity contribution in [1.82, 2.24) is 20.2 Å². The summed E-state index contributed by atoms with van der Waals surface area (Å²) in [4.78, 5) is 22.7. The number of ether oxygens (including phenoxy) is 1. The van der Waals surface area contributed by atoms with Gasteiger partial charge in [0.25, 0.3) is 0 Å². The molecule has 0 unspecified atom stereocenters. The first-order valence-electron chi connectivity index (χ1n) is 8.92. The topological polar surface area (TPSA) is 79.4 Å². The monoisotopic (exact) mass is 355 g/mol. The fourth-order valence-corrected chi connectivity index (χ4v) is 3.07. The second-order valence-electron chi connectivity index (χ2n) is 6.41. The highest BCUT2D eigenvalue weighted by Gasteiger charge is 2.20. The first-order valence-corrected chi connectivity index (χ1v) is 8.92. The number of hydrogen-bond acceptors (Lipinski definition) is 5. The molecule has 1 fully saturated rings. The van der Waals surface area contributed by atoms with Crippen LogP contribution in [-0.4, -0.2) is 53.7 Å². The summed E-state index contributed by atoms with van der Waals surface area (Å²) in [7, 11) is 1.56. The van der Waals surface area contributed by atoms with Gasteiger partial charge in [0.1, 0.15) is 0 Å². The van der Waals surface area contributed by atoms with Gasteiger partial charge in [-0.25, -0.2) is 9.78 Å². The van der Waals surface area contributed by atoms with Gasteiger partial charge < -0.3 is 20.3 Å². The number of aromatic nitrogens is 2. The van der Waals surface area contributed by atoms with Crippen molar-refractivity contribution in [3.8, 4) is 5.88 Å². The minimum Gasteiger partial charge on any atom is -0.481 e. The minimum absolute atomic E-state index is 0.188. The minimum atomic E-state index is -0.188. The van der Waals surface area contributed by atoms with Crippen LogP contribution in [0.1, 0.15) is 18.4 Å². The largest absolute Gasteiger partial charge is 0.481 e. The van der Waals surface area contributed by atoms with Crippen LogP contribution in [0.25, 0.3) is 0 Å². The quantitative estimate of drug-likeness (QED) is 0.831. The van der Waals surface area contributed by atoms with Gasteiger partial charge >= 0.3 is 6.03 Å². The van der Waals surface area contributed by atoms with Crippen LogP contribution in [-0.2, 0) is 6.42 Å². The Kier molecular flexibility index (Phi) is 6.38. The van der Waals surface area contributed by atoms with Crippen molar-refractivity contribution in [2.75, 3.05) is 32.1 Å². The third kappa shape index (κ3) is 5.42. The van der Waals surface area contributed by atoms with Crippen LogP contribution < -0.4 is 15.4 Å². The molecule has 26 heavy (non-hydrogen) atoms. The molecule has 1 aliphatic heterocycles. The van der Waals surface area contributed by atoms with E-state index in [1.807, 2.05) is 12.4 Å². The number of hydrogen-bond donors (Lipinski definition) is 2. The number of rotatable bonds is 6. The van der Waals surface area contributed by atoms with Crippen molar-refractivity contribution < 1.29 is 9.53 Å². The van der Waals surface area contributed by atoms with E-state index in [-0.39, 0.29) is 12.1 Å². The molecule has 0 aromatic carbocycles. The Balaban J connectivity index is 1.37. The molecule has 7 heteroatoms. The Hall–Kier alpha value is -2.67. The molecule has 0 radical (unpaired) electrons. The summed E-state index contributed by atoms with van der Waals surface area (Å²) >= 11 is 0. The van der Waals surface area contributed by atoms with Crippen molar-refractivity contribution in [3.63, 3.8) is 0 Å². The molecule has 3 rings (SSSR count). The maximum absolute atomic E-state index is 12.1. The molecule has 1 aliphatic rings. The third-order valence-electron chi connectivity index (χ3n) is 4.59. The van der Waals surface area contributed by atoms with Crippen LogP contribution in [0.2, 0.25) is 0 Å². The summed E-state index contributed by atoms with van der Waals surface area (Å²) in [5.41, 5.74) is 1.96. The van der Waals surface area contributed by atoms with Crippen molar-refractivity contribution in [1.29, 1.82) is 0 Å². The van der Waals surface area contributed by atoms with E-state index in [0.29, 0.717) is 11.6 Å². The molecule has 0 atom stereocenters. The van der Waals surface area contributed by atoms with Crippen LogP contribution in [0.5, 0.6) is 5.88 Å². The number of methoxy groups -OCH3 is 1. The van der Waals surface area contributed by atoms with Gasteiger partial charge in [-0.1, -0.05) is 0 Å². The first kappa shape index (κ1) is 18.1. The number of amides is 2. The van der Waals surface area contributed by atoms with Crippen LogP contribution in [0, 0.1) is 0 Å². The number of likely N-dealkylation sites (tertiary alicyclic amines) is 1. The lowest BCUT2D eigenvalue weighted by Crippen LogP contribution is -2.46. The summed E-state index contributed by atoms with van der Waals surface area (Å²) in [6, 6.07) is 7.63. The molecular weight excluding hydrogens is 330 g/mol. The summed E-state index contributed by atoms with van der Waals surface area (Å²) in [5, 5.41) is 5.86. The van der Waals surface area contributed by atoms with Gasteiger partial charge in [-0.15, -0.1) is 0 Å². The molecule has 2 aromatic heterocycles. The third-order valence-corrected chi connectivity index (χ3v) is 4.59. The predicted molar refractivity (Wildman–Crippen MR) is 100 cm³/mol. The summed E-state index contributed by atoms with van der Waals surface area (Å²) in [5.74, 6) is 0.523. The predicted octanol–water partition coefficient (Wildman–Crippen LogP) is 2.31. The summed E-state index contributed by atoms with van der Waals surface area (Å²) < 4.78 is 5.01. The van der Waals surface area contributed by atoms with E-state index < -0.39 is 0 Å². The Labute approximate surface area is 153 Å². The molecule has 3 heterocycles. The van der Waals surface area contributed by atoms with Crippen LogP contribution in [0.15, 0.2) is 42.9 Å². The Morgan fingerprint density at radius 3 is 2.65 bits per heavy atom. The standard InChI is InChI=1S/C19H25N5O2/c1-26-18-3-2-17(14-21-18)23-19(25)22-16-7-12-24(13-8-16)11-6-15-4-9-20-10-5-15/h2-5,9-10,14,16H,6-8,11-13H2,1H3,(H2,22,23,25). The van der Waals surface area contributed by atoms with Crippen LogP contribution >= 0.6 is 0 Å². The van der Waals surface area contributed by atoms with E-state index in [1.165, 1.54) is 5.56 Å². The van der Waals surface area contributed by atoms with Crippen LogP contribution in [0.4, 0.5) is 10.5 Å². The van der Waals surface area contributed by atoms with E-state index in [4.69, 9.17) is 4.74 Å². The number of carbonyl (C=O) groups excluding carboxylic acids is 1. The highest BCUT2D eigenvalue weighted by Crippen LogP contribution is 2.13. The molecule has 0 spiro atoms. The zero-order valence-corrected chi connectivity index (χ0v) is 15.0. The molecule has 2 N–H and O–H groups in total. The Morgan fingerprint density at radius 1 is 1.23 bits per heavy atom. The number of piperidine rings is 1. The number of carbonyl (C=O) groups is 1. The first-order chi connectivity index (χ1) is 12.7. The van der Waals surface area contributed by atoms with E-state index >= 15 is 0 Å². The Bertz CT molecular complexity index is 685. The maximum atomic E-state index is 12.1. The lowest BCUT2D eigenvalue weighted by molar-refractivity contribution is 0.197. The van der Waals surface area contributed by atoms with Gasteiger partial charge in [0.05, 0.1) is 19.0 Å². The van der Waals surface area contributed by atoms with Gasteiger partial charge in [-0.05, 0) is 43.0 Å². The highest BCUT2D eigenvalue weighted by molar-refractivity contribution is 5.89. The number of nitrogens with one attached hydrogen (secondary N) is 2. The molecule has 7 nitrogen and oxygen atoms in total. The molecule has 0 aliphatic carbocycles. The second-order valence-corrected chi connectivity index (χ2v) is 6.41. The van der Waals surface area contributed by atoms with E-state index in [9.17, 15) is 4.79 Å². The second kappa shape index (κ2) is 9.15. The van der Waals surface area contributed by atoms with E-state index in [0.717, 1.165) is 38.9 Å². The summed E-state index contributed by atoms with van der Waals surface area (Å²) in [6.45, 7) is 3.04. The van der Waals surface area contributed by atoms with Crippen molar-refractivity contribution in [2.24, 2.45) is 0 Å². The van der Waals surface area contributed by atoms with E-state index in [1.54, 1.807) is 25.4 Å². The zero-order chi connectivity index (χ0) is 18.2. The number of anilines is 1. The molecular formula is C19H25N5O2. The molecule has 138 valence electrons. The SMILES string of the molecule is COc1ccc(NC(=O)NC2CCN(CCc3ccncc3)CC2)cn1. The van der Waals surface area contributed by atoms with E-state index in [2.05, 4.69) is 37.6 Å².